The molecule has 0 aliphatic carbocycles. The third-order valence-electron chi connectivity index (χ3n) is 1.61. The van der Waals surface area contributed by atoms with Crippen molar-refractivity contribution < 1.29 is 26.3 Å². The molecule has 0 aliphatic heterocycles. The molecule has 15 heavy (non-hydrogen) atoms. The topological polar surface area (TPSA) is 0 Å². The van der Waals surface area contributed by atoms with E-state index < -0.39 is 28.9 Å². The first-order valence-corrected chi connectivity index (χ1v) is 3.65. The fourth-order valence-electron chi connectivity index (χ4n) is 0.979. The van der Waals surface area contributed by atoms with Gasteiger partial charge < -0.3 is 0 Å². The van der Waals surface area contributed by atoms with E-state index >= 15 is 0 Å². The molecule has 0 spiro atoms. The SMILES string of the molecule is [B]c1cc(C(F)(F)F)cc(C(F)(F)F)c1. The van der Waals surface area contributed by atoms with Crippen molar-refractivity contribution in [1.29, 1.82) is 0 Å². The maximum absolute atomic E-state index is 12.1. The van der Waals surface area contributed by atoms with Gasteiger partial charge >= 0.3 is 12.4 Å². The van der Waals surface area contributed by atoms with E-state index in [-0.39, 0.29) is 6.07 Å². The van der Waals surface area contributed by atoms with E-state index in [1.54, 1.807) is 0 Å². The maximum atomic E-state index is 12.1. The van der Waals surface area contributed by atoms with E-state index in [0.29, 0.717) is 12.1 Å². The summed E-state index contributed by atoms with van der Waals surface area (Å²) >= 11 is 0. The van der Waals surface area contributed by atoms with Crippen LogP contribution in [0.25, 0.3) is 0 Å². The summed E-state index contributed by atoms with van der Waals surface area (Å²) in [4.78, 5) is 0. The third kappa shape index (κ3) is 2.90. The van der Waals surface area contributed by atoms with Gasteiger partial charge in [-0.25, -0.2) is 0 Å². The molecule has 80 valence electrons. The van der Waals surface area contributed by atoms with Gasteiger partial charge in [0, 0.05) is 0 Å². The first-order chi connectivity index (χ1) is 6.60. The predicted molar refractivity (Wildman–Crippen MR) is 41.8 cm³/mol. The van der Waals surface area contributed by atoms with E-state index in [9.17, 15) is 26.3 Å². The Kier molecular flexibility index (Phi) is 2.76. The van der Waals surface area contributed by atoms with Crippen molar-refractivity contribution in [1.82, 2.24) is 0 Å². The number of rotatable bonds is 0. The fraction of sp³-hybridized carbons (Fsp3) is 0.250. The van der Waals surface area contributed by atoms with Gasteiger partial charge in [-0.05, 0) is 6.07 Å². The highest BCUT2D eigenvalue weighted by Gasteiger charge is 2.36. The summed E-state index contributed by atoms with van der Waals surface area (Å²) < 4.78 is 72.7. The van der Waals surface area contributed by atoms with Crippen molar-refractivity contribution in [2.24, 2.45) is 0 Å². The van der Waals surface area contributed by atoms with Gasteiger partial charge in [0.15, 0.2) is 0 Å². The van der Waals surface area contributed by atoms with Crippen LogP contribution < -0.4 is 5.46 Å². The standard InChI is InChI=1S/C8H3BF6/c9-6-2-4(7(10,11)12)1-5(3-6)8(13,14)15/h1-3H. The lowest BCUT2D eigenvalue weighted by Gasteiger charge is -2.12. The Balaban J connectivity index is 3.30. The lowest BCUT2D eigenvalue weighted by molar-refractivity contribution is -0.142. The Morgan fingerprint density at radius 1 is 0.733 bits per heavy atom. The molecule has 1 aromatic rings. The lowest BCUT2D eigenvalue weighted by atomic mass is 9.91. The Hall–Kier alpha value is -1.14. The average molecular weight is 224 g/mol. The molecule has 0 heterocycles. The van der Waals surface area contributed by atoms with Crippen molar-refractivity contribution in [3.8, 4) is 0 Å². The molecule has 0 aliphatic rings. The summed E-state index contributed by atoms with van der Waals surface area (Å²) in [5, 5.41) is 0. The highest BCUT2D eigenvalue weighted by atomic mass is 19.4. The van der Waals surface area contributed by atoms with Crippen molar-refractivity contribution in [2.45, 2.75) is 12.4 Å². The molecule has 0 unspecified atom stereocenters. The highest BCUT2D eigenvalue weighted by Crippen LogP contribution is 2.34. The molecule has 0 saturated carbocycles. The maximum Gasteiger partial charge on any atom is 0.416 e. The zero-order chi connectivity index (χ0) is 11.9. The van der Waals surface area contributed by atoms with Gasteiger partial charge in [0.2, 0.25) is 0 Å². The van der Waals surface area contributed by atoms with Crippen molar-refractivity contribution in [3.05, 3.63) is 29.3 Å². The monoisotopic (exact) mass is 224 g/mol. The van der Waals surface area contributed by atoms with Crippen LogP contribution in [-0.2, 0) is 12.4 Å². The van der Waals surface area contributed by atoms with Gasteiger partial charge in [0.1, 0.15) is 7.85 Å². The van der Waals surface area contributed by atoms with Crippen LogP contribution in [0.5, 0.6) is 0 Å². The zero-order valence-electron chi connectivity index (χ0n) is 7.08. The smallest absolute Gasteiger partial charge is 0.166 e. The van der Waals surface area contributed by atoms with Gasteiger partial charge in [0.25, 0.3) is 0 Å². The molecule has 0 amide bonds. The summed E-state index contributed by atoms with van der Waals surface area (Å²) in [6.07, 6.45) is -9.68. The Labute approximate surface area is 82.3 Å². The Morgan fingerprint density at radius 3 is 1.33 bits per heavy atom. The lowest BCUT2D eigenvalue weighted by Crippen LogP contribution is -2.16. The Bertz CT molecular complexity index is 332. The molecule has 1 rings (SSSR count). The molecule has 0 atom stereocenters. The van der Waals surface area contributed by atoms with E-state index in [1.807, 2.05) is 0 Å². The zero-order valence-corrected chi connectivity index (χ0v) is 7.08. The van der Waals surface area contributed by atoms with Gasteiger partial charge in [-0.3, -0.25) is 0 Å². The molecule has 7 heteroatoms. The summed E-state index contributed by atoms with van der Waals surface area (Å²) in [6, 6.07) is 0.931. The Morgan fingerprint density at radius 2 is 1.07 bits per heavy atom. The number of halogens is 6. The number of hydrogen-bond acceptors (Lipinski definition) is 0. The minimum atomic E-state index is -4.84. The van der Waals surface area contributed by atoms with Crippen molar-refractivity contribution >= 4 is 13.3 Å². The highest BCUT2D eigenvalue weighted by molar-refractivity contribution is 6.32. The minimum Gasteiger partial charge on any atom is -0.166 e. The number of hydrogen-bond donors (Lipinski definition) is 0. The molecule has 2 radical (unpaired) electrons. The van der Waals surface area contributed by atoms with Crippen LogP contribution in [0.15, 0.2) is 18.2 Å². The van der Waals surface area contributed by atoms with Gasteiger partial charge in [0.05, 0.1) is 11.1 Å². The van der Waals surface area contributed by atoms with Crippen molar-refractivity contribution in [2.75, 3.05) is 0 Å². The second-order valence-electron chi connectivity index (χ2n) is 2.84. The minimum absolute atomic E-state index is 0.0242. The summed E-state index contributed by atoms with van der Waals surface area (Å²) in [5.41, 5.74) is -3.39. The predicted octanol–water partition coefficient (Wildman–Crippen LogP) is 2.52. The van der Waals surface area contributed by atoms with Crippen LogP contribution >= 0.6 is 0 Å². The molecule has 0 fully saturated rings. The van der Waals surface area contributed by atoms with Crippen LogP contribution in [0.4, 0.5) is 26.3 Å². The van der Waals surface area contributed by atoms with E-state index in [0.717, 1.165) is 0 Å². The summed E-state index contributed by atoms with van der Waals surface area (Å²) in [7, 11) is 4.95. The second-order valence-corrected chi connectivity index (χ2v) is 2.84. The van der Waals surface area contributed by atoms with Crippen LogP contribution in [0, 0.1) is 0 Å². The normalized spacial score (nSPS) is 12.9. The van der Waals surface area contributed by atoms with E-state index in [4.69, 9.17) is 7.85 Å². The molecule has 0 bridgehead atoms. The summed E-state index contributed by atoms with van der Waals surface area (Å²) in [6.45, 7) is 0. The molecule has 1 aromatic carbocycles. The second kappa shape index (κ2) is 3.46. The molecular formula is C8H3BF6. The average Bonchev–Trinajstić information content (AvgIpc) is 1.99. The molecular weight excluding hydrogens is 221 g/mol. The van der Waals surface area contributed by atoms with Crippen molar-refractivity contribution in [3.63, 3.8) is 0 Å². The molecule has 0 nitrogen and oxygen atoms in total. The largest absolute Gasteiger partial charge is 0.416 e. The third-order valence-corrected chi connectivity index (χ3v) is 1.61. The molecule has 0 N–H and O–H groups in total. The van der Waals surface area contributed by atoms with E-state index in [1.165, 1.54) is 0 Å². The van der Waals surface area contributed by atoms with Gasteiger partial charge in [-0.2, -0.15) is 26.3 Å². The number of benzene rings is 1. The fourth-order valence-corrected chi connectivity index (χ4v) is 0.979. The summed E-state index contributed by atoms with van der Waals surface area (Å²) in [5.74, 6) is 0. The van der Waals surface area contributed by atoms with Crippen LogP contribution in [0.1, 0.15) is 11.1 Å². The first-order valence-electron chi connectivity index (χ1n) is 3.65. The first kappa shape index (κ1) is 11.9. The molecule has 0 saturated heterocycles. The van der Waals surface area contributed by atoms with Crippen LogP contribution in [-0.4, -0.2) is 7.85 Å². The van der Waals surface area contributed by atoms with Gasteiger partial charge in [-0.1, -0.05) is 17.6 Å². The number of alkyl halides is 6. The quantitative estimate of drug-likeness (QED) is 0.469. The van der Waals surface area contributed by atoms with Crippen LogP contribution in [0.2, 0.25) is 0 Å². The molecule has 0 aromatic heterocycles. The van der Waals surface area contributed by atoms with E-state index in [2.05, 4.69) is 0 Å². The van der Waals surface area contributed by atoms with Gasteiger partial charge in [-0.15, -0.1) is 0 Å². The van der Waals surface area contributed by atoms with Crippen LogP contribution in [0.3, 0.4) is 0 Å².